The number of anilines is 6. The fourth-order valence-corrected chi connectivity index (χ4v) is 6.41. The van der Waals surface area contributed by atoms with Crippen LogP contribution in [0, 0.1) is 0 Å². The van der Waals surface area contributed by atoms with Crippen LogP contribution in [0.3, 0.4) is 0 Å². The summed E-state index contributed by atoms with van der Waals surface area (Å²) in [7, 11) is 6.68. The van der Waals surface area contributed by atoms with Gasteiger partial charge in [0.1, 0.15) is 23.0 Å². The maximum atomic E-state index is 5.79. The average molecular weight is 685 g/mol. The van der Waals surface area contributed by atoms with Gasteiger partial charge in [0.2, 0.25) is 0 Å². The summed E-state index contributed by atoms with van der Waals surface area (Å²) in [5.74, 6) is 2.94. The van der Waals surface area contributed by atoms with Crippen molar-refractivity contribution in [3.05, 3.63) is 170 Å². The zero-order chi connectivity index (χ0) is 35.9. The van der Waals surface area contributed by atoms with Crippen molar-refractivity contribution in [2.75, 3.05) is 38.2 Å². The second-order valence-corrected chi connectivity index (χ2v) is 12.1. The Hall–Kier alpha value is -6.66. The number of nitrogens with zero attached hydrogens (tertiary/aromatic N) is 2. The zero-order valence-corrected chi connectivity index (χ0v) is 29.7. The van der Waals surface area contributed by atoms with Gasteiger partial charge in [0, 0.05) is 34.9 Å². The van der Waals surface area contributed by atoms with Crippen LogP contribution in [0.4, 0.5) is 34.1 Å². The smallest absolute Gasteiger partial charge is 0.146 e. The lowest BCUT2D eigenvalue weighted by molar-refractivity contribution is 0.395. The van der Waals surface area contributed by atoms with E-state index in [1.54, 1.807) is 28.4 Å². The largest absolute Gasteiger partial charge is 0.497 e. The van der Waals surface area contributed by atoms with Crippen LogP contribution >= 0.6 is 0 Å². The van der Waals surface area contributed by atoms with E-state index in [2.05, 4.69) is 107 Å². The van der Waals surface area contributed by atoms with E-state index in [4.69, 9.17) is 18.9 Å². The third-order valence-electron chi connectivity index (χ3n) is 9.09. The molecule has 0 spiro atoms. The molecule has 52 heavy (non-hydrogen) atoms. The topological polar surface area (TPSA) is 43.4 Å². The van der Waals surface area contributed by atoms with Crippen molar-refractivity contribution in [3.8, 4) is 45.3 Å². The number of methoxy groups -OCH3 is 4. The summed E-state index contributed by atoms with van der Waals surface area (Å²) in [4.78, 5) is 4.39. The van der Waals surface area contributed by atoms with Gasteiger partial charge in [-0.05, 0) is 95.1 Å². The first-order chi connectivity index (χ1) is 25.6. The van der Waals surface area contributed by atoms with Gasteiger partial charge in [0.25, 0.3) is 0 Å². The van der Waals surface area contributed by atoms with Crippen LogP contribution in [0.2, 0.25) is 0 Å². The molecule has 0 heterocycles. The normalized spacial score (nSPS) is 10.7. The summed E-state index contributed by atoms with van der Waals surface area (Å²) in [6.07, 6.45) is 0. The molecule has 7 rings (SSSR count). The van der Waals surface area contributed by atoms with Gasteiger partial charge in [0.05, 0.1) is 39.8 Å². The first-order valence-electron chi connectivity index (χ1n) is 17.1. The third-order valence-corrected chi connectivity index (χ3v) is 9.09. The first kappa shape index (κ1) is 33.8. The van der Waals surface area contributed by atoms with Gasteiger partial charge in [0.15, 0.2) is 0 Å². The molecule has 7 aromatic rings. The molecule has 0 radical (unpaired) electrons. The number of ether oxygens (including phenoxy) is 4. The van der Waals surface area contributed by atoms with Crippen molar-refractivity contribution in [2.45, 2.75) is 0 Å². The Morgan fingerprint density at radius 2 is 0.615 bits per heavy atom. The lowest BCUT2D eigenvalue weighted by Gasteiger charge is -2.27. The minimum atomic E-state index is 0.726. The maximum absolute atomic E-state index is 5.79. The summed E-state index contributed by atoms with van der Waals surface area (Å²) in [6, 6.07) is 58.3. The highest BCUT2D eigenvalue weighted by Crippen LogP contribution is 2.44. The second kappa shape index (κ2) is 15.5. The molecule has 0 aliphatic carbocycles. The number of hydrogen-bond donors (Lipinski definition) is 0. The number of hydrogen-bond acceptors (Lipinski definition) is 6. The Labute approximate surface area is 305 Å². The van der Waals surface area contributed by atoms with E-state index in [9.17, 15) is 0 Å². The molecule has 0 fully saturated rings. The molecule has 0 bridgehead atoms. The van der Waals surface area contributed by atoms with E-state index in [1.165, 1.54) is 0 Å². The molecular formula is C46H40N2O4. The summed E-state index contributed by atoms with van der Waals surface area (Å²) < 4.78 is 22.5. The number of rotatable bonds is 12. The highest BCUT2D eigenvalue weighted by atomic mass is 16.5. The summed E-state index contributed by atoms with van der Waals surface area (Å²) in [6.45, 7) is 0. The summed E-state index contributed by atoms with van der Waals surface area (Å²) >= 11 is 0. The van der Waals surface area contributed by atoms with Crippen LogP contribution in [-0.4, -0.2) is 28.4 Å². The molecule has 6 heteroatoms. The van der Waals surface area contributed by atoms with Gasteiger partial charge in [-0.3, -0.25) is 0 Å². The minimum Gasteiger partial charge on any atom is -0.497 e. The van der Waals surface area contributed by atoms with Gasteiger partial charge in [-0.15, -0.1) is 0 Å². The van der Waals surface area contributed by atoms with Crippen molar-refractivity contribution >= 4 is 34.1 Å². The van der Waals surface area contributed by atoms with Gasteiger partial charge in [-0.1, -0.05) is 84.9 Å². The molecule has 0 aliphatic heterocycles. The molecule has 0 amide bonds. The molecule has 6 nitrogen and oxygen atoms in total. The highest BCUT2D eigenvalue weighted by molar-refractivity contribution is 5.84. The van der Waals surface area contributed by atoms with Gasteiger partial charge >= 0.3 is 0 Å². The monoisotopic (exact) mass is 684 g/mol. The van der Waals surface area contributed by atoms with Crippen molar-refractivity contribution in [3.63, 3.8) is 0 Å². The quantitative estimate of drug-likeness (QED) is 0.128. The van der Waals surface area contributed by atoms with E-state index >= 15 is 0 Å². The molecule has 0 aliphatic rings. The van der Waals surface area contributed by atoms with Crippen LogP contribution in [0.5, 0.6) is 23.0 Å². The van der Waals surface area contributed by atoms with E-state index in [0.29, 0.717) is 0 Å². The highest BCUT2D eigenvalue weighted by Gasteiger charge is 2.19. The SMILES string of the molecule is COc1ccc(N(c2ccccc2)c2ccc(-c3ccc(-c4ccc(N(c5ccccc5)c5ccc(OC)cc5OC)cc4)cc3)cc2)c(OC)c1. The van der Waals surface area contributed by atoms with Crippen molar-refractivity contribution in [2.24, 2.45) is 0 Å². The Morgan fingerprint density at radius 3 is 0.923 bits per heavy atom. The van der Waals surface area contributed by atoms with Crippen LogP contribution in [0.15, 0.2) is 170 Å². The molecule has 0 atom stereocenters. The van der Waals surface area contributed by atoms with Crippen molar-refractivity contribution < 1.29 is 18.9 Å². The van der Waals surface area contributed by atoms with Crippen LogP contribution in [0.1, 0.15) is 0 Å². The van der Waals surface area contributed by atoms with Crippen molar-refractivity contribution in [1.29, 1.82) is 0 Å². The predicted molar refractivity (Wildman–Crippen MR) is 213 cm³/mol. The van der Waals surface area contributed by atoms with Crippen LogP contribution in [-0.2, 0) is 0 Å². The lowest BCUT2D eigenvalue weighted by Crippen LogP contribution is -2.11. The fraction of sp³-hybridized carbons (Fsp3) is 0.0870. The second-order valence-electron chi connectivity index (χ2n) is 12.1. The summed E-state index contributed by atoms with van der Waals surface area (Å²) in [5, 5.41) is 0. The van der Waals surface area contributed by atoms with Crippen molar-refractivity contribution in [1.82, 2.24) is 0 Å². The lowest BCUT2D eigenvalue weighted by atomic mass is 9.99. The third kappa shape index (κ3) is 7.00. The predicted octanol–water partition coefficient (Wildman–Crippen LogP) is 12.0. The molecule has 0 saturated heterocycles. The first-order valence-corrected chi connectivity index (χ1v) is 17.1. The molecule has 0 aromatic heterocycles. The van der Waals surface area contributed by atoms with E-state index < -0.39 is 0 Å². The maximum Gasteiger partial charge on any atom is 0.146 e. The van der Waals surface area contributed by atoms with Gasteiger partial charge in [-0.25, -0.2) is 0 Å². The molecule has 258 valence electrons. The number of benzene rings is 7. The Kier molecular flexibility index (Phi) is 10.1. The number of para-hydroxylation sites is 2. The minimum absolute atomic E-state index is 0.726. The van der Waals surface area contributed by atoms with E-state index in [1.807, 2.05) is 72.8 Å². The Morgan fingerprint density at radius 1 is 0.308 bits per heavy atom. The van der Waals surface area contributed by atoms with E-state index in [-0.39, 0.29) is 0 Å². The molecule has 7 aromatic carbocycles. The van der Waals surface area contributed by atoms with Crippen LogP contribution in [0.25, 0.3) is 22.3 Å². The van der Waals surface area contributed by atoms with Gasteiger partial charge < -0.3 is 28.7 Å². The molecular weight excluding hydrogens is 645 g/mol. The molecule has 0 N–H and O–H groups in total. The van der Waals surface area contributed by atoms with Gasteiger partial charge in [-0.2, -0.15) is 0 Å². The Bertz CT molecular complexity index is 2060. The molecule has 0 saturated carbocycles. The Balaban J connectivity index is 1.15. The average Bonchev–Trinajstić information content (AvgIpc) is 3.22. The van der Waals surface area contributed by atoms with Crippen LogP contribution < -0.4 is 28.7 Å². The fourth-order valence-electron chi connectivity index (χ4n) is 6.41. The molecule has 0 unspecified atom stereocenters. The van der Waals surface area contributed by atoms with E-state index in [0.717, 1.165) is 79.4 Å². The zero-order valence-electron chi connectivity index (χ0n) is 29.7. The standard InChI is InChI=1S/C46H40N2O4/c1-49-41-27-29-43(45(31-41)51-3)47(37-11-7-5-8-12-37)39-23-19-35(20-24-39)33-15-17-34(18-16-33)36-21-25-40(26-22-36)48(38-13-9-6-10-14-38)44-30-28-42(50-2)32-46(44)52-4/h5-32H,1-4H3. The summed E-state index contributed by atoms with van der Waals surface area (Å²) in [5.41, 5.74) is 10.5.